The van der Waals surface area contributed by atoms with Gasteiger partial charge in [-0.3, -0.25) is 4.99 Å². The van der Waals surface area contributed by atoms with E-state index in [-0.39, 0.29) is 0 Å². The van der Waals surface area contributed by atoms with Crippen LogP contribution in [0, 0.1) is 6.92 Å². The Hall–Kier alpha value is -2.00. The van der Waals surface area contributed by atoms with Gasteiger partial charge in [-0.05, 0) is 55.3 Å². The largest absolute Gasteiger partial charge is 0.493 e. The van der Waals surface area contributed by atoms with E-state index >= 15 is 0 Å². The van der Waals surface area contributed by atoms with Gasteiger partial charge in [0.05, 0.1) is 19.4 Å². The van der Waals surface area contributed by atoms with Gasteiger partial charge in [0.15, 0.2) is 11.5 Å². The molecule has 0 fully saturated rings. The quantitative estimate of drug-likeness (QED) is 0.742. The van der Waals surface area contributed by atoms with Crippen molar-refractivity contribution < 1.29 is 9.47 Å². The predicted molar refractivity (Wildman–Crippen MR) is 87.6 cm³/mol. The molecule has 0 saturated carbocycles. The van der Waals surface area contributed by atoms with Gasteiger partial charge in [0.1, 0.15) is 0 Å². The van der Waals surface area contributed by atoms with E-state index in [2.05, 4.69) is 4.99 Å². The molecule has 110 valence electrons. The van der Waals surface area contributed by atoms with E-state index < -0.39 is 0 Å². The van der Waals surface area contributed by atoms with Crippen LogP contribution in [0.15, 0.2) is 41.4 Å². The van der Waals surface area contributed by atoms with Crippen molar-refractivity contribution in [2.45, 2.75) is 13.8 Å². The summed E-state index contributed by atoms with van der Waals surface area (Å²) in [6, 6.07) is 11.4. The van der Waals surface area contributed by atoms with Crippen molar-refractivity contribution in [1.29, 1.82) is 0 Å². The maximum Gasteiger partial charge on any atom is 0.161 e. The minimum atomic E-state index is 0.588. The number of benzene rings is 2. The number of nitrogens with zero attached hydrogens (tertiary/aromatic N) is 1. The van der Waals surface area contributed by atoms with E-state index in [1.807, 2.05) is 50.2 Å². The molecule has 0 radical (unpaired) electrons. The van der Waals surface area contributed by atoms with Gasteiger partial charge >= 0.3 is 0 Å². The van der Waals surface area contributed by atoms with Crippen LogP contribution < -0.4 is 9.47 Å². The maximum absolute atomic E-state index is 6.09. The van der Waals surface area contributed by atoms with E-state index in [0.717, 1.165) is 21.8 Å². The summed E-state index contributed by atoms with van der Waals surface area (Å²) in [7, 11) is 1.63. The third-order valence-electron chi connectivity index (χ3n) is 3.08. The zero-order valence-electron chi connectivity index (χ0n) is 12.4. The monoisotopic (exact) mass is 303 g/mol. The fraction of sp³-hybridized carbons (Fsp3) is 0.235. The summed E-state index contributed by atoms with van der Waals surface area (Å²) >= 11 is 6.09. The number of rotatable bonds is 5. The van der Waals surface area contributed by atoms with Crippen LogP contribution in [-0.4, -0.2) is 19.9 Å². The van der Waals surface area contributed by atoms with Crippen LogP contribution in [-0.2, 0) is 0 Å². The topological polar surface area (TPSA) is 30.8 Å². The van der Waals surface area contributed by atoms with E-state index in [0.29, 0.717) is 18.1 Å². The molecule has 0 spiro atoms. The molecule has 4 heteroatoms. The average molecular weight is 304 g/mol. The van der Waals surface area contributed by atoms with Gasteiger partial charge in [0.2, 0.25) is 0 Å². The summed E-state index contributed by atoms with van der Waals surface area (Å²) in [5.41, 5.74) is 2.77. The van der Waals surface area contributed by atoms with Gasteiger partial charge in [-0.2, -0.15) is 0 Å². The Labute approximate surface area is 130 Å². The molecule has 0 saturated heterocycles. The van der Waals surface area contributed by atoms with Gasteiger partial charge in [-0.15, -0.1) is 0 Å². The van der Waals surface area contributed by atoms with Crippen molar-refractivity contribution in [1.82, 2.24) is 0 Å². The summed E-state index contributed by atoms with van der Waals surface area (Å²) in [6.45, 7) is 4.48. The molecule has 0 unspecified atom stereocenters. The number of halogens is 1. The van der Waals surface area contributed by atoms with Crippen molar-refractivity contribution >= 4 is 23.5 Å². The van der Waals surface area contributed by atoms with Crippen molar-refractivity contribution in [2.24, 2.45) is 4.99 Å². The zero-order chi connectivity index (χ0) is 15.2. The first kappa shape index (κ1) is 15.4. The number of methoxy groups -OCH3 is 1. The Kier molecular flexibility index (Phi) is 5.23. The molecule has 0 aliphatic heterocycles. The molecule has 0 aliphatic rings. The lowest BCUT2D eigenvalue weighted by atomic mass is 10.2. The summed E-state index contributed by atoms with van der Waals surface area (Å²) in [5, 5.41) is 0.717. The fourth-order valence-corrected chi connectivity index (χ4v) is 2.09. The van der Waals surface area contributed by atoms with E-state index in [9.17, 15) is 0 Å². The number of aliphatic imine (C=N–C) groups is 1. The second kappa shape index (κ2) is 7.14. The first-order valence-electron chi connectivity index (χ1n) is 6.75. The van der Waals surface area contributed by atoms with Gasteiger partial charge in [-0.25, -0.2) is 0 Å². The summed E-state index contributed by atoms with van der Waals surface area (Å²) < 4.78 is 10.8. The van der Waals surface area contributed by atoms with Gasteiger partial charge in [0, 0.05) is 11.2 Å². The molecule has 0 atom stereocenters. The minimum absolute atomic E-state index is 0.588. The first-order valence-corrected chi connectivity index (χ1v) is 7.13. The fourth-order valence-electron chi connectivity index (χ4n) is 1.92. The third-order valence-corrected chi connectivity index (χ3v) is 3.49. The van der Waals surface area contributed by atoms with Crippen LogP contribution >= 0.6 is 11.6 Å². The van der Waals surface area contributed by atoms with E-state index in [4.69, 9.17) is 21.1 Å². The predicted octanol–water partition coefficient (Wildman–Crippen LogP) is 4.81. The van der Waals surface area contributed by atoms with Crippen LogP contribution in [0.2, 0.25) is 5.02 Å². The molecular weight excluding hydrogens is 286 g/mol. The molecule has 3 nitrogen and oxygen atoms in total. The van der Waals surface area contributed by atoms with Crippen molar-refractivity contribution in [3.8, 4) is 11.5 Å². The molecule has 21 heavy (non-hydrogen) atoms. The maximum atomic E-state index is 6.09. The third kappa shape index (κ3) is 3.76. The number of hydrogen-bond acceptors (Lipinski definition) is 3. The highest BCUT2D eigenvalue weighted by Crippen LogP contribution is 2.28. The van der Waals surface area contributed by atoms with E-state index in [1.54, 1.807) is 13.3 Å². The normalized spacial score (nSPS) is 10.9. The smallest absolute Gasteiger partial charge is 0.161 e. The Morgan fingerprint density at radius 1 is 1.19 bits per heavy atom. The molecule has 0 bridgehead atoms. The summed E-state index contributed by atoms with van der Waals surface area (Å²) in [5.74, 6) is 1.43. The standard InChI is InChI=1S/C17H18ClNO2/c1-4-21-17-10-13(8-9-16(17)20-3)11-19-15-7-5-6-14(18)12(15)2/h5-11H,4H2,1-3H3. The minimum Gasteiger partial charge on any atom is -0.493 e. The van der Waals surface area contributed by atoms with Crippen molar-refractivity contribution in [2.75, 3.05) is 13.7 Å². The molecule has 2 aromatic rings. The highest BCUT2D eigenvalue weighted by atomic mass is 35.5. The van der Waals surface area contributed by atoms with Gasteiger partial charge in [0.25, 0.3) is 0 Å². The van der Waals surface area contributed by atoms with Crippen molar-refractivity contribution in [3.63, 3.8) is 0 Å². The Bertz CT molecular complexity index is 653. The number of ether oxygens (including phenoxy) is 2. The lowest BCUT2D eigenvalue weighted by Crippen LogP contribution is -1.96. The molecule has 0 heterocycles. The molecule has 0 N–H and O–H groups in total. The van der Waals surface area contributed by atoms with Crippen LogP contribution in [0.25, 0.3) is 0 Å². The van der Waals surface area contributed by atoms with Gasteiger partial charge < -0.3 is 9.47 Å². The molecule has 0 aliphatic carbocycles. The van der Waals surface area contributed by atoms with E-state index in [1.165, 1.54) is 0 Å². The summed E-state index contributed by atoms with van der Waals surface area (Å²) in [4.78, 5) is 4.49. The second-order valence-corrected chi connectivity index (χ2v) is 4.89. The zero-order valence-corrected chi connectivity index (χ0v) is 13.1. The Balaban J connectivity index is 2.28. The highest BCUT2D eigenvalue weighted by Gasteiger charge is 2.04. The summed E-state index contributed by atoms with van der Waals surface area (Å²) in [6.07, 6.45) is 1.79. The highest BCUT2D eigenvalue weighted by molar-refractivity contribution is 6.31. The second-order valence-electron chi connectivity index (χ2n) is 4.49. The molecular formula is C17H18ClNO2. The lowest BCUT2D eigenvalue weighted by molar-refractivity contribution is 0.311. The molecule has 0 aromatic heterocycles. The Morgan fingerprint density at radius 2 is 2.00 bits per heavy atom. The molecule has 2 aromatic carbocycles. The van der Waals surface area contributed by atoms with Crippen LogP contribution in [0.4, 0.5) is 5.69 Å². The lowest BCUT2D eigenvalue weighted by Gasteiger charge is -2.09. The van der Waals surface area contributed by atoms with Crippen LogP contribution in [0.3, 0.4) is 0 Å². The van der Waals surface area contributed by atoms with Crippen molar-refractivity contribution in [3.05, 3.63) is 52.5 Å². The SMILES string of the molecule is CCOc1cc(C=Nc2cccc(Cl)c2C)ccc1OC. The average Bonchev–Trinajstić information content (AvgIpc) is 2.49. The number of hydrogen-bond donors (Lipinski definition) is 0. The van der Waals surface area contributed by atoms with Gasteiger partial charge in [-0.1, -0.05) is 17.7 Å². The molecule has 0 amide bonds. The Morgan fingerprint density at radius 3 is 2.71 bits per heavy atom. The molecule has 2 rings (SSSR count). The van der Waals surface area contributed by atoms with Crippen LogP contribution in [0.1, 0.15) is 18.1 Å². The van der Waals surface area contributed by atoms with Crippen LogP contribution in [0.5, 0.6) is 11.5 Å². The first-order chi connectivity index (χ1) is 10.2.